The zero-order valence-corrected chi connectivity index (χ0v) is 11.4. The number of benzene rings is 1. The molecule has 3 aromatic rings. The number of aromatic amines is 1. The Hall–Kier alpha value is -1.43. The van der Waals surface area contributed by atoms with Crippen LogP contribution < -0.4 is 5.56 Å². The highest BCUT2D eigenvalue weighted by molar-refractivity contribution is 7.71. The van der Waals surface area contributed by atoms with E-state index in [0.29, 0.717) is 20.9 Å². The maximum atomic E-state index is 12.3. The summed E-state index contributed by atoms with van der Waals surface area (Å²) in [7, 11) is 0. The van der Waals surface area contributed by atoms with Crippen LogP contribution in [0.3, 0.4) is 0 Å². The number of fused-ring (bicyclic) bond motifs is 1. The summed E-state index contributed by atoms with van der Waals surface area (Å²) in [5.74, 6) is 0. The maximum absolute atomic E-state index is 12.3. The van der Waals surface area contributed by atoms with Crippen LogP contribution in [0.25, 0.3) is 15.9 Å². The van der Waals surface area contributed by atoms with E-state index in [-0.39, 0.29) is 5.56 Å². The molecule has 0 spiro atoms. The standard InChI is InChI=1S/C12H7ClN2OS2/c13-7-1-3-8(4-2-7)15-11(16)9-5-6-18-10(9)14-12(15)17/h1-6H,(H,14,17). The lowest BCUT2D eigenvalue weighted by atomic mass is 10.3. The summed E-state index contributed by atoms with van der Waals surface area (Å²) in [6.45, 7) is 0. The van der Waals surface area contributed by atoms with Gasteiger partial charge in [0.15, 0.2) is 4.77 Å². The van der Waals surface area contributed by atoms with Gasteiger partial charge in [-0.1, -0.05) is 11.6 Å². The van der Waals surface area contributed by atoms with Crippen LogP contribution in [0.5, 0.6) is 0 Å². The first-order chi connectivity index (χ1) is 8.66. The molecular weight excluding hydrogens is 288 g/mol. The smallest absolute Gasteiger partial charge is 0.267 e. The van der Waals surface area contributed by atoms with Crippen molar-refractivity contribution in [2.45, 2.75) is 0 Å². The van der Waals surface area contributed by atoms with E-state index < -0.39 is 0 Å². The van der Waals surface area contributed by atoms with Crippen molar-refractivity contribution in [3.8, 4) is 5.69 Å². The second kappa shape index (κ2) is 4.35. The van der Waals surface area contributed by atoms with Crippen LogP contribution in [0.4, 0.5) is 0 Å². The molecule has 18 heavy (non-hydrogen) atoms. The molecule has 1 N–H and O–H groups in total. The lowest BCUT2D eigenvalue weighted by molar-refractivity contribution is 0.943. The van der Waals surface area contributed by atoms with E-state index in [9.17, 15) is 4.79 Å². The number of nitrogens with one attached hydrogen (secondary N) is 1. The predicted molar refractivity (Wildman–Crippen MR) is 77.6 cm³/mol. The molecule has 0 amide bonds. The van der Waals surface area contributed by atoms with Crippen molar-refractivity contribution in [3.63, 3.8) is 0 Å². The molecule has 0 atom stereocenters. The van der Waals surface area contributed by atoms with Crippen LogP contribution in [-0.2, 0) is 0 Å². The number of nitrogens with zero attached hydrogens (tertiary/aromatic N) is 1. The normalized spacial score (nSPS) is 10.9. The van der Waals surface area contributed by atoms with Crippen molar-refractivity contribution in [2.75, 3.05) is 0 Å². The fourth-order valence-corrected chi connectivity index (χ4v) is 3.02. The van der Waals surface area contributed by atoms with E-state index >= 15 is 0 Å². The van der Waals surface area contributed by atoms with Crippen LogP contribution in [0.15, 0.2) is 40.5 Å². The summed E-state index contributed by atoms with van der Waals surface area (Å²) in [5, 5.41) is 3.13. The number of aromatic nitrogens is 2. The maximum Gasteiger partial charge on any atom is 0.267 e. The van der Waals surface area contributed by atoms with Gasteiger partial charge in [0.2, 0.25) is 0 Å². The Kier molecular flexibility index (Phi) is 2.81. The fourth-order valence-electron chi connectivity index (χ4n) is 1.76. The largest absolute Gasteiger partial charge is 0.323 e. The van der Waals surface area contributed by atoms with Gasteiger partial charge in [0, 0.05) is 5.02 Å². The molecule has 0 fully saturated rings. The second-order valence-corrected chi connectivity index (χ2v) is 5.45. The van der Waals surface area contributed by atoms with Gasteiger partial charge in [-0.25, -0.2) is 0 Å². The monoisotopic (exact) mass is 294 g/mol. The summed E-state index contributed by atoms with van der Waals surface area (Å²) in [4.78, 5) is 16.2. The number of thiophene rings is 1. The Balaban J connectivity index is 2.38. The minimum Gasteiger partial charge on any atom is -0.323 e. The second-order valence-electron chi connectivity index (χ2n) is 3.71. The third-order valence-electron chi connectivity index (χ3n) is 2.61. The van der Waals surface area contributed by atoms with E-state index in [2.05, 4.69) is 4.98 Å². The molecule has 2 heterocycles. The van der Waals surface area contributed by atoms with Gasteiger partial charge in [-0.05, 0) is 47.9 Å². The van der Waals surface area contributed by atoms with Crippen LogP contribution in [0, 0.1) is 4.77 Å². The minimum atomic E-state index is -0.114. The van der Waals surface area contributed by atoms with Gasteiger partial charge >= 0.3 is 0 Å². The Morgan fingerprint density at radius 3 is 2.67 bits per heavy atom. The Bertz CT molecular complexity index is 830. The van der Waals surface area contributed by atoms with Gasteiger partial charge in [-0.3, -0.25) is 9.36 Å². The van der Waals surface area contributed by atoms with Crippen molar-refractivity contribution in [2.24, 2.45) is 0 Å². The molecule has 1 aromatic carbocycles. The quantitative estimate of drug-likeness (QED) is 0.694. The lowest BCUT2D eigenvalue weighted by Gasteiger charge is -2.06. The van der Waals surface area contributed by atoms with Gasteiger partial charge in [0.05, 0.1) is 11.1 Å². The van der Waals surface area contributed by atoms with Gasteiger partial charge in [0.1, 0.15) is 4.83 Å². The molecule has 0 saturated heterocycles. The highest BCUT2D eigenvalue weighted by atomic mass is 35.5. The van der Waals surface area contributed by atoms with Gasteiger partial charge in [0.25, 0.3) is 5.56 Å². The van der Waals surface area contributed by atoms with E-state index in [0.717, 1.165) is 4.83 Å². The van der Waals surface area contributed by atoms with Crippen molar-refractivity contribution < 1.29 is 0 Å². The Morgan fingerprint density at radius 1 is 1.22 bits per heavy atom. The summed E-state index contributed by atoms with van der Waals surface area (Å²) >= 11 is 12.5. The SMILES string of the molecule is O=c1c2ccsc2[nH]c(=S)n1-c1ccc(Cl)cc1. The number of hydrogen-bond donors (Lipinski definition) is 1. The minimum absolute atomic E-state index is 0.114. The van der Waals surface area contributed by atoms with Crippen molar-refractivity contribution >= 4 is 45.4 Å². The fraction of sp³-hybridized carbons (Fsp3) is 0. The summed E-state index contributed by atoms with van der Waals surface area (Å²) in [6, 6.07) is 8.79. The first-order valence-electron chi connectivity index (χ1n) is 5.15. The van der Waals surface area contributed by atoms with Crippen molar-refractivity contribution in [3.05, 3.63) is 55.9 Å². The van der Waals surface area contributed by atoms with Crippen molar-refractivity contribution in [1.82, 2.24) is 9.55 Å². The summed E-state index contributed by atoms with van der Waals surface area (Å²) in [5.41, 5.74) is 0.594. The van der Waals surface area contributed by atoms with Gasteiger partial charge < -0.3 is 4.98 Å². The molecule has 3 rings (SSSR count). The number of H-pyrrole nitrogens is 1. The average Bonchev–Trinajstić information content (AvgIpc) is 2.80. The third kappa shape index (κ3) is 1.80. The van der Waals surface area contributed by atoms with E-state index in [1.807, 2.05) is 5.38 Å². The van der Waals surface area contributed by atoms with E-state index in [1.54, 1.807) is 30.3 Å². The number of rotatable bonds is 1. The molecule has 90 valence electrons. The highest BCUT2D eigenvalue weighted by Crippen LogP contribution is 2.17. The molecule has 2 aromatic heterocycles. The molecule has 0 aliphatic rings. The molecular formula is C12H7ClN2OS2. The Labute approximate surface area is 116 Å². The van der Waals surface area contributed by atoms with Crippen LogP contribution >= 0.6 is 35.2 Å². The third-order valence-corrected chi connectivity index (χ3v) is 3.97. The lowest BCUT2D eigenvalue weighted by Crippen LogP contribution is -2.19. The molecule has 0 radical (unpaired) electrons. The molecule has 6 heteroatoms. The van der Waals surface area contributed by atoms with Gasteiger partial charge in [-0.15, -0.1) is 11.3 Å². The zero-order valence-electron chi connectivity index (χ0n) is 9.01. The predicted octanol–water partition coefficient (Wildman–Crippen LogP) is 3.76. The first kappa shape index (κ1) is 11.6. The highest BCUT2D eigenvalue weighted by Gasteiger charge is 2.07. The van der Waals surface area contributed by atoms with Gasteiger partial charge in [-0.2, -0.15) is 0 Å². The summed E-state index contributed by atoms with van der Waals surface area (Å²) in [6.07, 6.45) is 0. The first-order valence-corrected chi connectivity index (χ1v) is 6.82. The molecule has 0 aliphatic carbocycles. The van der Waals surface area contributed by atoms with Crippen LogP contribution in [-0.4, -0.2) is 9.55 Å². The Morgan fingerprint density at radius 2 is 1.94 bits per heavy atom. The zero-order chi connectivity index (χ0) is 12.7. The van der Waals surface area contributed by atoms with E-state index in [4.69, 9.17) is 23.8 Å². The number of hydrogen-bond acceptors (Lipinski definition) is 3. The number of halogens is 1. The molecule has 0 unspecified atom stereocenters. The van der Waals surface area contributed by atoms with Crippen molar-refractivity contribution in [1.29, 1.82) is 0 Å². The molecule has 0 aliphatic heterocycles. The molecule has 0 bridgehead atoms. The molecule has 3 nitrogen and oxygen atoms in total. The topological polar surface area (TPSA) is 37.8 Å². The summed E-state index contributed by atoms with van der Waals surface area (Å²) < 4.78 is 1.86. The van der Waals surface area contributed by atoms with Crippen LogP contribution in [0.2, 0.25) is 5.02 Å². The molecule has 0 saturated carbocycles. The van der Waals surface area contributed by atoms with E-state index in [1.165, 1.54) is 15.9 Å². The van der Waals surface area contributed by atoms with Crippen LogP contribution in [0.1, 0.15) is 0 Å². The average molecular weight is 295 g/mol.